The summed E-state index contributed by atoms with van der Waals surface area (Å²) in [4.78, 5) is 8.54. The molecule has 0 fully saturated rings. The van der Waals surface area contributed by atoms with Gasteiger partial charge in [-0.2, -0.15) is 0 Å². The van der Waals surface area contributed by atoms with Crippen LogP contribution in [0.25, 0.3) is 0 Å². The van der Waals surface area contributed by atoms with E-state index in [0.717, 1.165) is 17.5 Å². The molecule has 2 aromatic carbocycles. The Morgan fingerprint density at radius 3 is 1.40 bits per heavy atom. The molecule has 0 atom stereocenters. The van der Waals surface area contributed by atoms with E-state index in [9.17, 15) is 10.2 Å². The number of aromatic nitrogens is 4. The Morgan fingerprint density at radius 2 is 1.06 bits per heavy atom. The molecule has 2 aromatic heterocycles. The normalized spacial score (nSPS) is 12.3. The van der Waals surface area contributed by atoms with Gasteiger partial charge in [-0.05, 0) is 55.7 Å². The summed E-state index contributed by atoms with van der Waals surface area (Å²) in [6.07, 6.45) is 8.19. The first-order valence-corrected chi connectivity index (χ1v) is 11.7. The van der Waals surface area contributed by atoms with E-state index in [1.807, 2.05) is 110 Å². The Bertz CT molecular complexity index is 1260. The van der Waals surface area contributed by atoms with Crippen molar-refractivity contribution >= 4 is 23.2 Å². The number of hydrogen-bond acceptors (Lipinski definition) is 4. The molecule has 0 saturated carbocycles. The zero-order chi connectivity index (χ0) is 24.9. The fourth-order valence-corrected chi connectivity index (χ4v) is 4.05. The van der Waals surface area contributed by atoms with Crippen LogP contribution in [0.4, 0.5) is 11.4 Å². The molecule has 0 N–H and O–H groups in total. The summed E-state index contributed by atoms with van der Waals surface area (Å²) >= 11 is 0. The second-order valence-corrected chi connectivity index (χ2v) is 8.38. The van der Waals surface area contributed by atoms with Gasteiger partial charge in [-0.1, -0.05) is 24.3 Å². The molecule has 0 spiro atoms. The lowest BCUT2D eigenvalue weighted by Crippen LogP contribution is -2.40. The first-order chi connectivity index (χ1) is 16.9. The number of rotatable bonds is 8. The molecule has 4 aromatic rings. The summed E-state index contributed by atoms with van der Waals surface area (Å²) in [5.74, 6) is 0.580. The maximum atomic E-state index is 12.6. The van der Waals surface area contributed by atoms with Crippen LogP contribution in [0.15, 0.2) is 83.3 Å². The molecule has 0 radical (unpaired) electrons. The summed E-state index contributed by atoms with van der Waals surface area (Å²) in [6.45, 7) is 5.41. The number of benzene rings is 2. The molecule has 0 bridgehead atoms. The van der Waals surface area contributed by atoms with Crippen molar-refractivity contribution in [1.29, 1.82) is 0 Å². The summed E-state index contributed by atoms with van der Waals surface area (Å²) < 4.78 is 7.33. The van der Waals surface area contributed by atoms with Gasteiger partial charge >= 0.3 is 0 Å². The van der Waals surface area contributed by atoms with E-state index in [1.165, 1.54) is 0 Å². The maximum Gasteiger partial charge on any atom is 0.292 e. The smallest absolute Gasteiger partial charge is 0.292 e. The molecular weight excluding hydrogens is 440 g/mol. The van der Waals surface area contributed by atoms with Crippen LogP contribution in [-0.2, 0) is 33.6 Å². The molecule has 35 heavy (non-hydrogen) atoms. The number of hydrogen-bond donors (Lipinski definition) is 0. The van der Waals surface area contributed by atoms with Gasteiger partial charge in [0.15, 0.2) is 0 Å². The van der Waals surface area contributed by atoms with Crippen molar-refractivity contribution in [1.82, 2.24) is 9.13 Å². The van der Waals surface area contributed by atoms with Crippen LogP contribution in [0.3, 0.4) is 0 Å². The van der Waals surface area contributed by atoms with Gasteiger partial charge in [0.2, 0.25) is 0 Å². The predicted octanol–water partition coefficient (Wildman–Crippen LogP) is 1.45. The van der Waals surface area contributed by atoms with E-state index in [2.05, 4.69) is 9.98 Å². The Morgan fingerprint density at radius 1 is 0.686 bits per heavy atom. The van der Waals surface area contributed by atoms with Gasteiger partial charge in [0, 0.05) is 0 Å². The molecule has 0 aliphatic carbocycles. The molecule has 180 valence electrons. The van der Waals surface area contributed by atoms with Crippen LogP contribution in [-0.4, -0.2) is 20.9 Å². The van der Waals surface area contributed by atoms with Crippen molar-refractivity contribution < 1.29 is 19.3 Å². The highest BCUT2D eigenvalue weighted by molar-refractivity contribution is 5.88. The third-order valence-corrected chi connectivity index (χ3v) is 5.96. The van der Waals surface area contributed by atoms with Crippen molar-refractivity contribution in [3.05, 3.63) is 96.1 Å². The maximum absolute atomic E-state index is 12.6. The number of aliphatic imine (C=N–C) groups is 2. The molecule has 0 saturated heterocycles. The molecule has 0 unspecified atom stereocenters. The molecule has 0 aliphatic heterocycles. The molecule has 0 aliphatic rings. The van der Waals surface area contributed by atoms with Gasteiger partial charge in [-0.25, -0.2) is 18.3 Å². The summed E-state index contributed by atoms with van der Waals surface area (Å²) in [5.41, 5.74) is 3.46. The zero-order valence-corrected chi connectivity index (χ0v) is 20.5. The predicted molar refractivity (Wildman–Crippen MR) is 131 cm³/mol. The highest BCUT2D eigenvalue weighted by Gasteiger charge is 2.14. The standard InChI is InChI=1S/C27H30N6O2/c1-5-32-17-15-30(3)26(32)24(34)28-22-11-7-20(8-12-22)19-21-9-13-23(14-10-21)29-25(35)27-31(4)16-18-33(27)6-2/h7-18H,5-6,19H2,1-4H3. The van der Waals surface area contributed by atoms with Crippen LogP contribution in [0.1, 0.15) is 36.6 Å². The summed E-state index contributed by atoms with van der Waals surface area (Å²) in [7, 11) is 3.69. The molecular formula is C27H30N6O2. The van der Waals surface area contributed by atoms with Gasteiger partial charge in [0.25, 0.3) is 11.6 Å². The first-order valence-electron chi connectivity index (χ1n) is 11.7. The second-order valence-electron chi connectivity index (χ2n) is 8.38. The second kappa shape index (κ2) is 10.4. The van der Waals surface area contributed by atoms with Crippen LogP contribution < -0.4 is 19.3 Å². The molecule has 2 heterocycles. The Kier molecular flexibility index (Phi) is 7.10. The largest absolute Gasteiger partial charge is 0.853 e. The van der Waals surface area contributed by atoms with Crippen LogP contribution in [0.5, 0.6) is 0 Å². The molecule has 4 rings (SSSR count). The van der Waals surface area contributed by atoms with Crippen molar-refractivity contribution in [2.75, 3.05) is 0 Å². The molecule has 0 amide bonds. The van der Waals surface area contributed by atoms with Crippen LogP contribution >= 0.6 is 0 Å². The fourth-order valence-electron chi connectivity index (χ4n) is 4.05. The third-order valence-electron chi connectivity index (χ3n) is 5.96. The molecule has 8 nitrogen and oxygen atoms in total. The van der Waals surface area contributed by atoms with E-state index in [0.29, 0.717) is 36.1 Å². The van der Waals surface area contributed by atoms with Gasteiger partial charge in [0.1, 0.15) is 24.8 Å². The number of aryl methyl sites for hydroxylation is 4. The van der Waals surface area contributed by atoms with E-state index in [4.69, 9.17) is 0 Å². The average molecular weight is 471 g/mol. The lowest BCUT2D eigenvalue weighted by atomic mass is 10.0. The van der Waals surface area contributed by atoms with Crippen molar-refractivity contribution in [3.63, 3.8) is 0 Å². The highest BCUT2D eigenvalue weighted by Crippen LogP contribution is 2.19. The van der Waals surface area contributed by atoms with Gasteiger partial charge in [0.05, 0.1) is 50.4 Å². The lowest BCUT2D eigenvalue weighted by Gasteiger charge is -2.10. The monoisotopic (exact) mass is 470 g/mol. The van der Waals surface area contributed by atoms with E-state index in [1.54, 1.807) is 9.13 Å². The SMILES string of the molecule is CCn1cc[n+](C)c1C([O-])=Nc1ccc(Cc2ccc(N=C([O-])c3n(CC)cc[n+]3C)cc2)cc1. The zero-order valence-electron chi connectivity index (χ0n) is 20.5. The number of nitrogens with zero attached hydrogens (tertiary/aromatic N) is 6. The van der Waals surface area contributed by atoms with Gasteiger partial charge in [-0.15, -0.1) is 0 Å². The van der Waals surface area contributed by atoms with Crippen molar-refractivity contribution in [2.45, 2.75) is 33.4 Å². The van der Waals surface area contributed by atoms with E-state index < -0.39 is 0 Å². The minimum absolute atomic E-state index is 0.263. The minimum Gasteiger partial charge on any atom is -0.853 e. The van der Waals surface area contributed by atoms with E-state index in [-0.39, 0.29) is 11.8 Å². The van der Waals surface area contributed by atoms with Crippen LogP contribution in [0.2, 0.25) is 0 Å². The minimum atomic E-state index is -0.263. The highest BCUT2D eigenvalue weighted by atomic mass is 16.3. The van der Waals surface area contributed by atoms with Crippen molar-refractivity contribution in [3.8, 4) is 0 Å². The Balaban J connectivity index is 1.45. The Labute approximate surface area is 205 Å². The summed E-state index contributed by atoms with van der Waals surface area (Å²) in [5, 5.41) is 25.3. The quantitative estimate of drug-likeness (QED) is 0.222. The fraction of sp³-hybridized carbons (Fsp3) is 0.259. The Hall–Kier alpha value is -4.20. The van der Waals surface area contributed by atoms with Crippen molar-refractivity contribution in [2.24, 2.45) is 24.1 Å². The van der Waals surface area contributed by atoms with Gasteiger partial charge in [-0.3, -0.25) is 9.98 Å². The first kappa shape index (κ1) is 23.9. The average Bonchev–Trinajstić information content (AvgIpc) is 3.43. The topological polar surface area (TPSA) is 88.5 Å². The molecule has 8 heteroatoms. The van der Waals surface area contributed by atoms with Crippen LogP contribution in [0, 0.1) is 0 Å². The third kappa shape index (κ3) is 5.32. The van der Waals surface area contributed by atoms with Gasteiger partial charge < -0.3 is 10.2 Å². The summed E-state index contributed by atoms with van der Waals surface area (Å²) in [6, 6.07) is 15.3. The lowest BCUT2D eigenvalue weighted by molar-refractivity contribution is -0.674. The number of imidazole rings is 2. The van der Waals surface area contributed by atoms with E-state index >= 15 is 0 Å².